The Kier molecular flexibility index (Phi) is 6.20. The van der Waals surface area contributed by atoms with Crippen molar-refractivity contribution in [2.24, 2.45) is 0 Å². The first kappa shape index (κ1) is 24.2. The molecule has 5 aromatic rings. The number of hydrogen-bond acceptors (Lipinski definition) is 5. The maximum absolute atomic E-state index is 13.8. The van der Waals surface area contributed by atoms with Crippen LogP contribution < -0.4 is 26.0 Å². The molecule has 0 bridgehead atoms. The Morgan fingerprint density at radius 3 is 2.38 bits per heavy atom. The SMILES string of the molecule is Cc1ccc(Cn2c(=O)n(-c3ccccc3)c(=O)c3ccc(C(=O)NCc4ccc5c(c4)OCO5)cc32)cc1. The number of ether oxygens (including phenoxy) is 2. The number of rotatable bonds is 6. The zero-order valence-electron chi connectivity index (χ0n) is 21.2. The average Bonchev–Trinajstić information content (AvgIpc) is 3.43. The minimum Gasteiger partial charge on any atom is -0.454 e. The Labute approximate surface area is 223 Å². The van der Waals surface area contributed by atoms with Gasteiger partial charge >= 0.3 is 5.69 Å². The fraction of sp³-hybridized carbons (Fsp3) is 0.129. The number of carbonyl (C=O) groups is 1. The number of aromatic nitrogens is 2. The van der Waals surface area contributed by atoms with Crippen molar-refractivity contribution in [2.45, 2.75) is 20.0 Å². The summed E-state index contributed by atoms with van der Waals surface area (Å²) < 4.78 is 13.5. The molecular weight excluding hydrogens is 494 g/mol. The molecule has 1 aliphatic rings. The van der Waals surface area contributed by atoms with Gasteiger partial charge < -0.3 is 14.8 Å². The van der Waals surface area contributed by atoms with Gasteiger partial charge in [-0.15, -0.1) is 0 Å². The molecule has 0 fully saturated rings. The summed E-state index contributed by atoms with van der Waals surface area (Å²) in [5.74, 6) is 0.991. The highest BCUT2D eigenvalue weighted by molar-refractivity contribution is 5.97. The number of nitrogens with one attached hydrogen (secondary N) is 1. The van der Waals surface area contributed by atoms with Crippen molar-refractivity contribution in [1.29, 1.82) is 0 Å². The van der Waals surface area contributed by atoms with Crippen LogP contribution in [0.25, 0.3) is 16.6 Å². The van der Waals surface area contributed by atoms with Gasteiger partial charge in [-0.1, -0.05) is 54.1 Å². The summed E-state index contributed by atoms with van der Waals surface area (Å²) in [5, 5.41) is 3.25. The van der Waals surface area contributed by atoms with E-state index in [9.17, 15) is 14.4 Å². The Hall–Kier alpha value is -5.11. The molecule has 194 valence electrons. The second kappa shape index (κ2) is 9.98. The molecule has 0 saturated carbocycles. The lowest BCUT2D eigenvalue weighted by molar-refractivity contribution is 0.0951. The van der Waals surface area contributed by atoms with E-state index in [1.807, 2.05) is 49.4 Å². The van der Waals surface area contributed by atoms with Gasteiger partial charge in [0.25, 0.3) is 11.5 Å². The highest BCUT2D eigenvalue weighted by Gasteiger charge is 2.18. The minimum absolute atomic E-state index is 0.179. The predicted octanol–water partition coefficient (Wildman–Crippen LogP) is 4.17. The van der Waals surface area contributed by atoms with E-state index in [2.05, 4.69) is 5.32 Å². The molecule has 8 nitrogen and oxygen atoms in total. The van der Waals surface area contributed by atoms with Gasteiger partial charge in [-0.3, -0.25) is 14.2 Å². The van der Waals surface area contributed by atoms with Crippen LogP contribution in [0, 0.1) is 6.92 Å². The molecule has 6 rings (SSSR count). The fourth-order valence-corrected chi connectivity index (χ4v) is 4.68. The summed E-state index contributed by atoms with van der Waals surface area (Å²) in [7, 11) is 0. The van der Waals surface area contributed by atoms with E-state index in [1.165, 1.54) is 4.57 Å². The van der Waals surface area contributed by atoms with Crippen molar-refractivity contribution in [3.8, 4) is 17.2 Å². The van der Waals surface area contributed by atoms with Crippen LogP contribution in [0.4, 0.5) is 0 Å². The molecule has 0 saturated heterocycles. The van der Waals surface area contributed by atoms with E-state index in [0.717, 1.165) is 16.7 Å². The summed E-state index contributed by atoms with van der Waals surface area (Å²) in [6.45, 7) is 2.69. The molecule has 0 unspecified atom stereocenters. The van der Waals surface area contributed by atoms with Crippen LogP contribution in [0.1, 0.15) is 27.0 Å². The molecule has 2 heterocycles. The van der Waals surface area contributed by atoms with Crippen molar-refractivity contribution in [1.82, 2.24) is 14.5 Å². The molecule has 8 heteroatoms. The number of amides is 1. The third kappa shape index (κ3) is 4.68. The molecule has 1 aromatic heterocycles. The lowest BCUT2D eigenvalue weighted by atomic mass is 10.1. The number of para-hydroxylation sites is 1. The van der Waals surface area contributed by atoms with Crippen molar-refractivity contribution in [3.63, 3.8) is 0 Å². The molecule has 0 atom stereocenters. The number of benzene rings is 4. The lowest BCUT2D eigenvalue weighted by Crippen LogP contribution is -2.39. The van der Waals surface area contributed by atoms with E-state index in [4.69, 9.17) is 9.47 Å². The van der Waals surface area contributed by atoms with Gasteiger partial charge in [0.1, 0.15) is 0 Å². The van der Waals surface area contributed by atoms with Crippen LogP contribution in [-0.4, -0.2) is 21.8 Å². The average molecular weight is 520 g/mol. The van der Waals surface area contributed by atoms with Gasteiger partial charge in [-0.2, -0.15) is 0 Å². The Bertz CT molecular complexity index is 1820. The second-order valence-corrected chi connectivity index (χ2v) is 9.43. The van der Waals surface area contributed by atoms with Crippen molar-refractivity contribution < 1.29 is 14.3 Å². The lowest BCUT2D eigenvalue weighted by Gasteiger charge is -2.15. The first-order valence-electron chi connectivity index (χ1n) is 12.6. The quantitative estimate of drug-likeness (QED) is 0.364. The van der Waals surface area contributed by atoms with Crippen LogP contribution in [0.3, 0.4) is 0 Å². The molecule has 1 aliphatic heterocycles. The molecule has 4 aromatic carbocycles. The first-order chi connectivity index (χ1) is 19.0. The molecule has 1 amide bonds. The maximum atomic E-state index is 13.8. The van der Waals surface area contributed by atoms with E-state index in [-0.39, 0.29) is 25.8 Å². The van der Waals surface area contributed by atoms with Gasteiger partial charge in [-0.25, -0.2) is 9.36 Å². The summed E-state index contributed by atoms with van der Waals surface area (Å²) in [4.78, 5) is 40.4. The Balaban J connectivity index is 1.40. The van der Waals surface area contributed by atoms with Gasteiger partial charge in [0.15, 0.2) is 11.5 Å². The number of fused-ring (bicyclic) bond motifs is 2. The maximum Gasteiger partial charge on any atom is 0.336 e. The number of aryl methyl sites for hydroxylation is 1. The normalized spacial score (nSPS) is 12.0. The van der Waals surface area contributed by atoms with Gasteiger partial charge in [0.05, 0.1) is 23.1 Å². The Morgan fingerprint density at radius 2 is 1.59 bits per heavy atom. The molecule has 1 N–H and O–H groups in total. The number of nitrogens with zero attached hydrogens (tertiary/aromatic N) is 2. The third-order valence-corrected chi connectivity index (χ3v) is 6.77. The van der Waals surface area contributed by atoms with E-state index in [0.29, 0.717) is 33.7 Å². The van der Waals surface area contributed by atoms with Crippen molar-refractivity contribution >= 4 is 16.8 Å². The van der Waals surface area contributed by atoms with Gasteiger partial charge in [0.2, 0.25) is 6.79 Å². The molecule has 0 aliphatic carbocycles. The smallest absolute Gasteiger partial charge is 0.336 e. The van der Waals surface area contributed by atoms with Crippen LogP contribution in [0.5, 0.6) is 11.5 Å². The monoisotopic (exact) mass is 519 g/mol. The highest BCUT2D eigenvalue weighted by atomic mass is 16.7. The van der Waals surface area contributed by atoms with Gasteiger partial charge in [0, 0.05) is 12.1 Å². The molecule has 39 heavy (non-hydrogen) atoms. The minimum atomic E-state index is -0.475. The van der Waals surface area contributed by atoms with Crippen LogP contribution in [0.2, 0.25) is 0 Å². The largest absolute Gasteiger partial charge is 0.454 e. The standard InChI is InChI=1S/C31H25N3O5/c1-20-7-9-21(10-8-20)18-33-26-16-23(29(35)32-17-22-11-14-27-28(15-22)39-19-38-27)12-13-25(26)30(36)34(31(33)37)24-5-3-2-4-6-24/h2-16H,17-19H2,1H3,(H,32,35). The van der Waals surface area contributed by atoms with E-state index >= 15 is 0 Å². The zero-order valence-corrected chi connectivity index (χ0v) is 21.2. The topological polar surface area (TPSA) is 91.6 Å². The van der Waals surface area contributed by atoms with E-state index < -0.39 is 11.2 Å². The highest BCUT2D eigenvalue weighted by Crippen LogP contribution is 2.32. The molecule has 0 radical (unpaired) electrons. The van der Waals surface area contributed by atoms with Crippen LogP contribution in [-0.2, 0) is 13.1 Å². The van der Waals surface area contributed by atoms with Crippen molar-refractivity contribution in [2.75, 3.05) is 6.79 Å². The predicted molar refractivity (Wildman–Crippen MR) is 148 cm³/mol. The first-order valence-corrected chi connectivity index (χ1v) is 12.6. The third-order valence-electron chi connectivity index (χ3n) is 6.77. The van der Waals surface area contributed by atoms with Gasteiger partial charge in [-0.05, 0) is 60.5 Å². The van der Waals surface area contributed by atoms with E-state index in [1.54, 1.807) is 53.1 Å². The van der Waals surface area contributed by atoms with Crippen LogP contribution >= 0.6 is 0 Å². The summed E-state index contributed by atoms with van der Waals surface area (Å²) in [6.07, 6.45) is 0. The fourth-order valence-electron chi connectivity index (χ4n) is 4.68. The second-order valence-electron chi connectivity index (χ2n) is 9.43. The summed E-state index contributed by atoms with van der Waals surface area (Å²) >= 11 is 0. The Morgan fingerprint density at radius 1 is 0.846 bits per heavy atom. The number of hydrogen-bond donors (Lipinski definition) is 1. The summed E-state index contributed by atoms with van der Waals surface area (Å²) in [6, 6.07) is 27.0. The zero-order chi connectivity index (χ0) is 26.9. The summed E-state index contributed by atoms with van der Waals surface area (Å²) in [5.41, 5.74) is 3.18. The van der Waals surface area contributed by atoms with Crippen LogP contribution in [0.15, 0.2) is 101 Å². The molecular formula is C31H25N3O5. The van der Waals surface area contributed by atoms with Crippen molar-refractivity contribution in [3.05, 3.63) is 134 Å². The molecule has 0 spiro atoms. The number of carbonyl (C=O) groups excluding carboxylic acids is 1.